The molecule has 3 nitrogen and oxygen atoms in total. The summed E-state index contributed by atoms with van der Waals surface area (Å²) in [5, 5.41) is 3.57. The lowest BCUT2D eigenvalue weighted by molar-refractivity contribution is -0.113. The minimum absolute atomic E-state index is 0.0935. The minimum atomic E-state index is 0.0935. The number of amides is 1. The second kappa shape index (κ2) is 8.32. The van der Waals surface area contributed by atoms with Gasteiger partial charge < -0.3 is 10.2 Å². The minimum Gasteiger partial charge on any atom is -0.370 e. The van der Waals surface area contributed by atoms with Crippen LogP contribution >= 0.6 is 11.8 Å². The van der Waals surface area contributed by atoms with E-state index in [1.807, 2.05) is 12.1 Å². The predicted molar refractivity (Wildman–Crippen MR) is 93.3 cm³/mol. The number of para-hydroxylation sites is 2. The second-order valence-corrected chi connectivity index (χ2v) is 7.39. The van der Waals surface area contributed by atoms with Crippen LogP contribution in [0.1, 0.15) is 39.5 Å². The molecule has 0 unspecified atom stereocenters. The molecule has 1 aromatic carbocycles. The molecule has 1 saturated heterocycles. The molecule has 1 aliphatic rings. The predicted octanol–water partition coefficient (Wildman–Crippen LogP) is 4.15. The number of nitrogens with zero attached hydrogens (tertiary/aromatic N) is 1. The number of thioether (sulfide) groups is 1. The number of carbonyl (C=O) groups is 1. The molecule has 4 heteroatoms. The number of hydrogen-bond donors (Lipinski definition) is 1. The SMILES string of the molecule is CC(C)SCC(=O)Nc1ccccc1N1CCCCCC1. The van der Waals surface area contributed by atoms with E-state index in [9.17, 15) is 4.79 Å². The molecule has 1 heterocycles. The third-order valence-corrected chi connectivity index (χ3v) is 4.77. The Morgan fingerprint density at radius 3 is 2.52 bits per heavy atom. The lowest BCUT2D eigenvalue weighted by Gasteiger charge is -2.25. The Morgan fingerprint density at radius 2 is 1.86 bits per heavy atom. The molecule has 0 radical (unpaired) electrons. The molecule has 0 atom stereocenters. The van der Waals surface area contributed by atoms with E-state index in [-0.39, 0.29) is 5.91 Å². The lowest BCUT2D eigenvalue weighted by atomic mass is 10.2. The number of nitrogens with one attached hydrogen (secondary N) is 1. The Labute approximate surface area is 132 Å². The quantitative estimate of drug-likeness (QED) is 0.887. The van der Waals surface area contributed by atoms with Gasteiger partial charge in [0.25, 0.3) is 0 Å². The van der Waals surface area contributed by atoms with Gasteiger partial charge in [-0.2, -0.15) is 0 Å². The van der Waals surface area contributed by atoms with Crippen LogP contribution in [0.4, 0.5) is 11.4 Å². The molecular weight excluding hydrogens is 280 g/mol. The molecule has 0 spiro atoms. The number of anilines is 2. The fourth-order valence-corrected chi connectivity index (χ4v) is 3.15. The molecular formula is C17H26N2OS. The highest BCUT2D eigenvalue weighted by molar-refractivity contribution is 8.00. The first kappa shape index (κ1) is 16.2. The summed E-state index contributed by atoms with van der Waals surface area (Å²) in [6.07, 6.45) is 5.11. The van der Waals surface area contributed by atoms with Crippen molar-refractivity contribution in [2.45, 2.75) is 44.8 Å². The van der Waals surface area contributed by atoms with Crippen LogP contribution in [0.25, 0.3) is 0 Å². The topological polar surface area (TPSA) is 32.3 Å². The first-order chi connectivity index (χ1) is 10.2. The second-order valence-electron chi connectivity index (χ2n) is 5.83. The van der Waals surface area contributed by atoms with Crippen LogP contribution in [0.2, 0.25) is 0 Å². The summed E-state index contributed by atoms with van der Waals surface area (Å²) in [6, 6.07) is 8.18. The summed E-state index contributed by atoms with van der Waals surface area (Å²) < 4.78 is 0. The van der Waals surface area contributed by atoms with Gasteiger partial charge in [0.15, 0.2) is 0 Å². The Bertz CT molecular complexity index is 454. The number of hydrogen-bond acceptors (Lipinski definition) is 3. The Morgan fingerprint density at radius 1 is 1.19 bits per heavy atom. The summed E-state index contributed by atoms with van der Waals surface area (Å²) in [4.78, 5) is 14.5. The van der Waals surface area contributed by atoms with Crippen molar-refractivity contribution in [2.24, 2.45) is 0 Å². The summed E-state index contributed by atoms with van der Waals surface area (Å²) in [7, 11) is 0. The van der Waals surface area contributed by atoms with Gasteiger partial charge in [-0.3, -0.25) is 4.79 Å². The molecule has 21 heavy (non-hydrogen) atoms. The number of benzene rings is 1. The number of rotatable bonds is 5. The Kier molecular flexibility index (Phi) is 6.43. The fourth-order valence-electron chi connectivity index (χ4n) is 2.60. The highest BCUT2D eigenvalue weighted by Gasteiger charge is 2.14. The van der Waals surface area contributed by atoms with Gasteiger partial charge in [-0.05, 0) is 30.2 Å². The van der Waals surface area contributed by atoms with E-state index in [4.69, 9.17) is 0 Å². The fraction of sp³-hybridized carbons (Fsp3) is 0.588. The van der Waals surface area contributed by atoms with Gasteiger partial charge in [0, 0.05) is 13.1 Å². The smallest absolute Gasteiger partial charge is 0.234 e. The molecule has 2 rings (SSSR count). The zero-order valence-electron chi connectivity index (χ0n) is 13.1. The highest BCUT2D eigenvalue weighted by atomic mass is 32.2. The molecule has 0 aliphatic carbocycles. The maximum absolute atomic E-state index is 12.1. The molecule has 1 N–H and O–H groups in total. The van der Waals surface area contributed by atoms with E-state index < -0.39 is 0 Å². The Balaban J connectivity index is 2.03. The zero-order chi connectivity index (χ0) is 15.1. The molecule has 0 saturated carbocycles. The van der Waals surface area contributed by atoms with E-state index in [0.717, 1.165) is 18.8 Å². The van der Waals surface area contributed by atoms with Crippen molar-refractivity contribution in [1.82, 2.24) is 0 Å². The summed E-state index contributed by atoms with van der Waals surface area (Å²) in [5.74, 6) is 0.613. The third kappa shape index (κ3) is 5.27. The van der Waals surface area contributed by atoms with Crippen molar-refractivity contribution in [3.8, 4) is 0 Å². The van der Waals surface area contributed by atoms with E-state index in [1.54, 1.807) is 11.8 Å². The monoisotopic (exact) mass is 306 g/mol. The van der Waals surface area contributed by atoms with Gasteiger partial charge in [-0.15, -0.1) is 11.8 Å². The summed E-state index contributed by atoms with van der Waals surface area (Å²) in [6.45, 7) is 6.41. The molecule has 1 aromatic rings. The van der Waals surface area contributed by atoms with E-state index >= 15 is 0 Å². The van der Waals surface area contributed by atoms with Gasteiger partial charge in [-0.1, -0.05) is 38.8 Å². The largest absolute Gasteiger partial charge is 0.370 e. The van der Waals surface area contributed by atoms with Gasteiger partial charge in [-0.25, -0.2) is 0 Å². The standard InChI is InChI=1S/C17H26N2OS/c1-14(2)21-13-17(20)18-15-9-5-6-10-16(15)19-11-7-3-4-8-12-19/h5-6,9-10,14H,3-4,7-8,11-13H2,1-2H3,(H,18,20). The van der Waals surface area contributed by atoms with E-state index in [2.05, 4.69) is 36.2 Å². The molecule has 0 bridgehead atoms. The van der Waals surface area contributed by atoms with Crippen LogP contribution in [0, 0.1) is 0 Å². The van der Waals surface area contributed by atoms with Crippen molar-refractivity contribution in [3.63, 3.8) is 0 Å². The lowest BCUT2D eigenvalue weighted by Crippen LogP contribution is -2.26. The molecule has 0 aromatic heterocycles. The van der Waals surface area contributed by atoms with Crippen molar-refractivity contribution in [3.05, 3.63) is 24.3 Å². The van der Waals surface area contributed by atoms with Crippen LogP contribution in [-0.2, 0) is 4.79 Å². The third-order valence-electron chi connectivity index (χ3n) is 3.67. The van der Waals surface area contributed by atoms with Crippen molar-refractivity contribution >= 4 is 29.0 Å². The van der Waals surface area contributed by atoms with Gasteiger partial charge in [0.2, 0.25) is 5.91 Å². The van der Waals surface area contributed by atoms with Crippen LogP contribution in [0.3, 0.4) is 0 Å². The average Bonchev–Trinajstić information content (AvgIpc) is 2.75. The summed E-state index contributed by atoms with van der Waals surface area (Å²) >= 11 is 1.68. The van der Waals surface area contributed by atoms with E-state index in [0.29, 0.717) is 11.0 Å². The first-order valence-electron chi connectivity index (χ1n) is 7.92. The normalized spacial score (nSPS) is 15.9. The molecule has 1 amide bonds. The van der Waals surface area contributed by atoms with Gasteiger partial charge in [0.05, 0.1) is 17.1 Å². The van der Waals surface area contributed by atoms with Gasteiger partial charge in [0.1, 0.15) is 0 Å². The number of carbonyl (C=O) groups excluding carboxylic acids is 1. The zero-order valence-corrected chi connectivity index (χ0v) is 13.9. The molecule has 1 aliphatic heterocycles. The van der Waals surface area contributed by atoms with Crippen LogP contribution in [0.5, 0.6) is 0 Å². The maximum atomic E-state index is 12.1. The van der Waals surface area contributed by atoms with E-state index in [1.165, 1.54) is 31.4 Å². The van der Waals surface area contributed by atoms with Crippen LogP contribution < -0.4 is 10.2 Å². The van der Waals surface area contributed by atoms with Crippen molar-refractivity contribution in [2.75, 3.05) is 29.1 Å². The maximum Gasteiger partial charge on any atom is 0.234 e. The molecule has 116 valence electrons. The van der Waals surface area contributed by atoms with Crippen LogP contribution in [0.15, 0.2) is 24.3 Å². The first-order valence-corrected chi connectivity index (χ1v) is 8.97. The van der Waals surface area contributed by atoms with Crippen molar-refractivity contribution < 1.29 is 4.79 Å². The summed E-state index contributed by atoms with van der Waals surface area (Å²) in [5.41, 5.74) is 2.12. The van der Waals surface area contributed by atoms with Gasteiger partial charge >= 0.3 is 0 Å². The van der Waals surface area contributed by atoms with Crippen LogP contribution in [-0.4, -0.2) is 30.0 Å². The Hall–Kier alpha value is -1.16. The van der Waals surface area contributed by atoms with Crippen molar-refractivity contribution in [1.29, 1.82) is 0 Å². The molecule has 1 fully saturated rings. The highest BCUT2D eigenvalue weighted by Crippen LogP contribution is 2.28. The average molecular weight is 306 g/mol.